The Balaban J connectivity index is 3.02. The molecule has 0 saturated carbocycles. The zero-order valence-electron chi connectivity index (χ0n) is 11.3. The summed E-state index contributed by atoms with van der Waals surface area (Å²) in [7, 11) is 2.10. The summed E-state index contributed by atoms with van der Waals surface area (Å²) in [6.45, 7) is 7.62. The molecule has 3 heteroatoms. The lowest BCUT2D eigenvalue weighted by molar-refractivity contribution is 0.196. The van der Waals surface area contributed by atoms with E-state index in [2.05, 4.69) is 31.9 Å². The fourth-order valence-corrected chi connectivity index (χ4v) is 1.92. The summed E-state index contributed by atoms with van der Waals surface area (Å²) >= 11 is 0. The third-order valence-corrected chi connectivity index (χ3v) is 3.11. The molecule has 0 radical (unpaired) electrons. The van der Waals surface area contributed by atoms with E-state index in [1.165, 1.54) is 5.56 Å². The Labute approximate surface area is 105 Å². The molecule has 1 unspecified atom stereocenters. The molecule has 3 nitrogen and oxygen atoms in total. The lowest BCUT2D eigenvalue weighted by atomic mass is 10.0. The number of nitrogens with zero attached hydrogens (tertiary/aromatic N) is 1. The zero-order chi connectivity index (χ0) is 12.8. The van der Waals surface area contributed by atoms with Gasteiger partial charge in [-0.05, 0) is 33.9 Å². The van der Waals surface area contributed by atoms with E-state index in [4.69, 9.17) is 10.5 Å². The predicted molar refractivity (Wildman–Crippen MR) is 72.3 cm³/mol. The number of nitrogens with two attached hydrogens (primary N) is 1. The largest absolute Gasteiger partial charge is 0.494 e. The molecule has 0 heterocycles. The first-order valence-corrected chi connectivity index (χ1v) is 6.25. The second kappa shape index (κ2) is 6.62. The van der Waals surface area contributed by atoms with Crippen molar-refractivity contribution in [1.82, 2.24) is 4.90 Å². The number of ether oxygens (including phenoxy) is 1. The van der Waals surface area contributed by atoms with E-state index >= 15 is 0 Å². The Morgan fingerprint density at radius 3 is 2.47 bits per heavy atom. The lowest BCUT2D eigenvalue weighted by Crippen LogP contribution is -2.35. The molecule has 0 bridgehead atoms. The number of likely N-dealkylation sites (N-methyl/N-ethyl adjacent to an activating group) is 1. The van der Waals surface area contributed by atoms with E-state index < -0.39 is 0 Å². The molecule has 1 rings (SSSR count). The van der Waals surface area contributed by atoms with Crippen molar-refractivity contribution in [2.24, 2.45) is 5.73 Å². The van der Waals surface area contributed by atoms with E-state index in [0.29, 0.717) is 19.2 Å². The first kappa shape index (κ1) is 14.0. The van der Waals surface area contributed by atoms with Gasteiger partial charge in [0.2, 0.25) is 0 Å². The highest BCUT2D eigenvalue weighted by atomic mass is 16.5. The van der Waals surface area contributed by atoms with Crippen molar-refractivity contribution in [1.29, 1.82) is 0 Å². The van der Waals surface area contributed by atoms with Gasteiger partial charge in [0.1, 0.15) is 5.75 Å². The molecule has 1 aromatic rings. The Kier molecular flexibility index (Phi) is 5.45. The van der Waals surface area contributed by atoms with Crippen LogP contribution in [0.3, 0.4) is 0 Å². The Morgan fingerprint density at radius 2 is 1.94 bits per heavy atom. The molecule has 0 amide bonds. The molecule has 2 N–H and O–H groups in total. The Hall–Kier alpha value is -1.06. The van der Waals surface area contributed by atoms with Gasteiger partial charge >= 0.3 is 0 Å². The normalized spacial score (nSPS) is 13.1. The van der Waals surface area contributed by atoms with Gasteiger partial charge in [-0.15, -0.1) is 0 Å². The van der Waals surface area contributed by atoms with Crippen LogP contribution in [0.25, 0.3) is 0 Å². The number of para-hydroxylation sites is 1. The van der Waals surface area contributed by atoms with E-state index in [-0.39, 0.29) is 6.04 Å². The number of rotatable bonds is 6. The molecule has 0 aliphatic rings. The summed E-state index contributed by atoms with van der Waals surface area (Å²) in [5.41, 5.74) is 7.09. The van der Waals surface area contributed by atoms with E-state index in [1.807, 2.05) is 25.1 Å². The maximum Gasteiger partial charge on any atom is 0.124 e. The minimum atomic E-state index is 0.206. The molecule has 0 aliphatic carbocycles. The van der Waals surface area contributed by atoms with Crippen LogP contribution in [0.1, 0.15) is 32.4 Å². The minimum Gasteiger partial charge on any atom is -0.494 e. The lowest BCUT2D eigenvalue weighted by Gasteiger charge is -2.31. The van der Waals surface area contributed by atoms with E-state index in [1.54, 1.807) is 0 Å². The van der Waals surface area contributed by atoms with Crippen LogP contribution in [0, 0.1) is 0 Å². The summed E-state index contributed by atoms with van der Waals surface area (Å²) < 4.78 is 5.67. The molecule has 0 fully saturated rings. The molecule has 0 aromatic heterocycles. The van der Waals surface area contributed by atoms with Gasteiger partial charge in [0.15, 0.2) is 0 Å². The fraction of sp³-hybridized carbons (Fsp3) is 0.571. The fourth-order valence-electron chi connectivity index (χ4n) is 1.92. The first-order valence-electron chi connectivity index (χ1n) is 6.25. The standard InChI is InChI=1S/C14H24N2O/c1-5-17-14-9-7-6-8-12(14)13(10-15)16(4)11(2)3/h6-9,11,13H,5,10,15H2,1-4H3. The van der Waals surface area contributed by atoms with Gasteiger partial charge in [0, 0.05) is 18.2 Å². The smallest absolute Gasteiger partial charge is 0.124 e. The molecule has 0 spiro atoms. The summed E-state index contributed by atoms with van der Waals surface area (Å²) in [5.74, 6) is 0.943. The van der Waals surface area contributed by atoms with Gasteiger partial charge in [-0.2, -0.15) is 0 Å². The molecule has 1 aromatic carbocycles. The average molecular weight is 236 g/mol. The summed E-state index contributed by atoms with van der Waals surface area (Å²) in [4.78, 5) is 2.28. The number of benzene rings is 1. The van der Waals surface area contributed by atoms with Crippen LogP contribution in [0.4, 0.5) is 0 Å². The first-order chi connectivity index (χ1) is 8.11. The topological polar surface area (TPSA) is 38.5 Å². The van der Waals surface area contributed by atoms with Crippen LogP contribution in [0.15, 0.2) is 24.3 Å². The van der Waals surface area contributed by atoms with Gasteiger partial charge in [-0.1, -0.05) is 18.2 Å². The summed E-state index contributed by atoms with van der Waals surface area (Å²) in [6, 6.07) is 8.80. The summed E-state index contributed by atoms with van der Waals surface area (Å²) in [6.07, 6.45) is 0. The second-order valence-corrected chi connectivity index (χ2v) is 4.48. The van der Waals surface area contributed by atoms with Crippen LogP contribution >= 0.6 is 0 Å². The SMILES string of the molecule is CCOc1ccccc1C(CN)N(C)C(C)C. The zero-order valence-corrected chi connectivity index (χ0v) is 11.3. The molecule has 17 heavy (non-hydrogen) atoms. The number of hydrogen-bond acceptors (Lipinski definition) is 3. The van der Waals surface area contributed by atoms with Gasteiger partial charge in [0.05, 0.1) is 12.6 Å². The molecule has 0 saturated heterocycles. The van der Waals surface area contributed by atoms with Crippen molar-refractivity contribution < 1.29 is 4.74 Å². The highest BCUT2D eigenvalue weighted by Gasteiger charge is 2.20. The van der Waals surface area contributed by atoms with Crippen LogP contribution < -0.4 is 10.5 Å². The van der Waals surface area contributed by atoms with Crippen LogP contribution in [-0.4, -0.2) is 31.1 Å². The molecular formula is C14H24N2O. The Bertz CT molecular complexity index is 339. The highest BCUT2D eigenvalue weighted by Crippen LogP contribution is 2.29. The quantitative estimate of drug-likeness (QED) is 0.824. The van der Waals surface area contributed by atoms with Crippen molar-refractivity contribution in [3.8, 4) is 5.75 Å². The van der Waals surface area contributed by atoms with Gasteiger partial charge in [-0.3, -0.25) is 4.90 Å². The average Bonchev–Trinajstić information content (AvgIpc) is 2.32. The Morgan fingerprint density at radius 1 is 1.29 bits per heavy atom. The van der Waals surface area contributed by atoms with Crippen LogP contribution in [-0.2, 0) is 0 Å². The van der Waals surface area contributed by atoms with Crippen LogP contribution in [0.2, 0.25) is 0 Å². The molecule has 96 valence electrons. The van der Waals surface area contributed by atoms with Crippen molar-refractivity contribution in [2.75, 3.05) is 20.2 Å². The maximum atomic E-state index is 5.91. The van der Waals surface area contributed by atoms with Crippen LogP contribution in [0.5, 0.6) is 5.75 Å². The minimum absolute atomic E-state index is 0.206. The van der Waals surface area contributed by atoms with Crippen molar-refractivity contribution in [3.63, 3.8) is 0 Å². The molecular weight excluding hydrogens is 212 g/mol. The van der Waals surface area contributed by atoms with Gasteiger partial charge in [0.25, 0.3) is 0 Å². The van der Waals surface area contributed by atoms with Crippen molar-refractivity contribution in [3.05, 3.63) is 29.8 Å². The molecule has 1 atom stereocenters. The highest BCUT2D eigenvalue weighted by molar-refractivity contribution is 5.36. The van der Waals surface area contributed by atoms with Crippen molar-refractivity contribution in [2.45, 2.75) is 32.9 Å². The second-order valence-electron chi connectivity index (χ2n) is 4.48. The monoisotopic (exact) mass is 236 g/mol. The third kappa shape index (κ3) is 3.45. The maximum absolute atomic E-state index is 5.91. The van der Waals surface area contributed by atoms with Gasteiger partial charge < -0.3 is 10.5 Å². The summed E-state index contributed by atoms with van der Waals surface area (Å²) in [5, 5.41) is 0. The van der Waals surface area contributed by atoms with Gasteiger partial charge in [-0.25, -0.2) is 0 Å². The molecule has 0 aliphatic heterocycles. The van der Waals surface area contributed by atoms with E-state index in [0.717, 1.165) is 5.75 Å². The number of hydrogen-bond donors (Lipinski definition) is 1. The predicted octanol–water partition coefficient (Wildman–Crippen LogP) is 2.43. The third-order valence-electron chi connectivity index (χ3n) is 3.11. The van der Waals surface area contributed by atoms with E-state index in [9.17, 15) is 0 Å². The van der Waals surface area contributed by atoms with Crippen molar-refractivity contribution >= 4 is 0 Å².